The summed E-state index contributed by atoms with van der Waals surface area (Å²) in [4.78, 5) is 10.2. The minimum absolute atomic E-state index is 0.404. The molecule has 114 valence electrons. The minimum atomic E-state index is 0.404. The summed E-state index contributed by atoms with van der Waals surface area (Å²) in [7, 11) is 1.77. The lowest BCUT2D eigenvalue weighted by molar-refractivity contribution is 0.175. The zero-order chi connectivity index (χ0) is 14.7. The van der Waals surface area contributed by atoms with Crippen molar-refractivity contribution in [1.29, 1.82) is 0 Å². The molecule has 0 spiro atoms. The number of thiophene rings is 1. The molecule has 3 rings (SSSR count). The molecule has 21 heavy (non-hydrogen) atoms. The van der Waals surface area contributed by atoms with Crippen molar-refractivity contribution in [2.24, 2.45) is 5.41 Å². The quantitative estimate of drug-likeness (QED) is 0.783. The van der Waals surface area contributed by atoms with Gasteiger partial charge in [-0.2, -0.15) is 4.98 Å². The van der Waals surface area contributed by atoms with E-state index in [-0.39, 0.29) is 0 Å². The van der Waals surface area contributed by atoms with Gasteiger partial charge in [0.15, 0.2) is 0 Å². The normalized spacial score (nSPS) is 16.1. The van der Waals surface area contributed by atoms with Gasteiger partial charge in [-0.05, 0) is 43.0 Å². The second-order valence-corrected chi connectivity index (χ2v) is 6.56. The van der Waals surface area contributed by atoms with Crippen molar-refractivity contribution >= 4 is 33.3 Å². The van der Waals surface area contributed by atoms with E-state index >= 15 is 0 Å². The molecule has 1 fully saturated rings. The van der Waals surface area contributed by atoms with Crippen molar-refractivity contribution in [2.45, 2.75) is 26.2 Å². The largest absolute Gasteiger partial charge is 0.385 e. The number of nitrogens with zero attached hydrogens (tertiary/aromatic N) is 2. The Morgan fingerprint density at radius 1 is 1.33 bits per heavy atom. The van der Waals surface area contributed by atoms with Crippen LogP contribution in [0.15, 0.2) is 11.4 Å². The van der Waals surface area contributed by atoms with Gasteiger partial charge in [0, 0.05) is 26.8 Å². The van der Waals surface area contributed by atoms with E-state index in [0.29, 0.717) is 11.4 Å². The topological polar surface area (TPSA) is 59.1 Å². The highest BCUT2D eigenvalue weighted by atomic mass is 32.1. The highest BCUT2D eigenvalue weighted by molar-refractivity contribution is 7.16. The van der Waals surface area contributed by atoms with Crippen LogP contribution >= 0.6 is 11.3 Å². The maximum atomic E-state index is 5.22. The molecule has 0 aromatic carbocycles. The number of fused-ring (bicyclic) bond motifs is 1. The Labute approximate surface area is 129 Å². The first-order chi connectivity index (χ1) is 10.3. The number of hydrogen-bond donors (Lipinski definition) is 2. The molecule has 0 saturated heterocycles. The fourth-order valence-corrected chi connectivity index (χ4v) is 3.27. The number of aromatic nitrogens is 2. The molecular weight excluding hydrogens is 284 g/mol. The van der Waals surface area contributed by atoms with Gasteiger partial charge in [0.2, 0.25) is 5.95 Å². The molecule has 6 heteroatoms. The number of hydrogen-bond acceptors (Lipinski definition) is 6. The zero-order valence-electron chi connectivity index (χ0n) is 12.6. The molecule has 0 radical (unpaired) electrons. The van der Waals surface area contributed by atoms with E-state index < -0.39 is 0 Å². The smallest absolute Gasteiger partial charge is 0.226 e. The van der Waals surface area contributed by atoms with Crippen molar-refractivity contribution in [3.63, 3.8) is 0 Å². The van der Waals surface area contributed by atoms with Gasteiger partial charge in [-0.15, -0.1) is 11.3 Å². The fourth-order valence-electron chi connectivity index (χ4n) is 2.51. The van der Waals surface area contributed by atoms with E-state index in [0.717, 1.165) is 42.2 Å². The van der Waals surface area contributed by atoms with Gasteiger partial charge < -0.3 is 15.4 Å². The van der Waals surface area contributed by atoms with Crippen molar-refractivity contribution in [1.82, 2.24) is 9.97 Å². The van der Waals surface area contributed by atoms with Gasteiger partial charge in [-0.1, -0.05) is 0 Å². The summed E-state index contributed by atoms with van der Waals surface area (Å²) >= 11 is 1.65. The summed E-state index contributed by atoms with van der Waals surface area (Å²) in [6.45, 7) is 4.68. The molecule has 2 heterocycles. The van der Waals surface area contributed by atoms with Gasteiger partial charge in [0.1, 0.15) is 10.6 Å². The molecule has 1 aliphatic carbocycles. The van der Waals surface area contributed by atoms with E-state index in [1.807, 2.05) is 0 Å². The summed E-state index contributed by atoms with van der Waals surface area (Å²) in [6.07, 6.45) is 3.68. The van der Waals surface area contributed by atoms with Crippen molar-refractivity contribution in [2.75, 3.05) is 37.4 Å². The lowest BCUT2D eigenvalue weighted by atomic mass is 10.0. The summed E-state index contributed by atoms with van der Waals surface area (Å²) in [5.74, 6) is 1.65. The number of methoxy groups -OCH3 is 1. The molecule has 0 unspecified atom stereocenters. The van der Waals surface area contributed by atoms with Crippen LogP contribution in [0, 0.1) is 5.41 Å². The van der Waals surface area contributed by atoms with Crippen LogP contribution in [0.25, 0.3) is 10.2 Å². The third-order valence-electron chi connectivity index (χ3n) is 4.08. The molecule has 0 aliphatic heterocycles. The number of rotatable bonds is 8. The second-order valence-electron chi connectivity index (χ2n) is 5.66. The van der Waals surface area contributed by atoms with Gasteiger partial charge in [0.05, 0.1) is 5.39 Å². The Hall–Kier alpha value is -1.40. The minimum Gasteiger partial charge on any atom is -0.385 e. The summed E-state index contributed by atoms with van der Waals surface area (Å²) in [5, 5.41) is 9.93. The molecule has 0 atom stereocenters. The summed E-state index contributed by atoms with van der Waals surface area (Å²) in [6, 6.07) is 2.09. The predicted molar refractivity (Wildman–Crippen MR) is 88.2 cm³/mol. The Balaban J connectivity index is 1.75. The van der Waals surface area contributed by atoms with Gasteiger partial charge >= 0.3 is 0 Å². The van der Waals surface area contributed by atoms with Crippen molar-refractivity contribution in [3.8, 4) is 0 Å². The predicted octanol–water partition coefficient (Wildman–Crippen LogP) is 3.35. The molecule has 2 N–H and O–H groups in total. The Kier molecular flexibility index (Phi) is 4.26. The van der Waals surface area contributed by atoms with E-state index in [1.165, 1.54) is 12.8 Å². The summed E-state index contributed by atoms with van der Waals surface area (Å²) in [5.41, 5.74) is 0.404. The molecule has 1 saturated carbocycles. The third kappa shape index (κ3) is 3.27. The second kappa shape index (κ2) is 6.15. The van der Waals surface area contributed by atoms with Crippen LogP contribution in [0.1, 0.15) is 26.2 Å². The lowest BCUT2D eigenvalue weighted by Gasteiger charge is -2.16. The third-order valence-corrected chi connectivity index (χ3v) is 4.89. The lowest BCUT2D eigenvalue weighted by Crippen LogP contribution is -2.18. The monoisotopic (exact) mass is 306 g/mol. The first-order valence-corrected chi connectivity index (χ1v) is 8.36. The molecule has 2 aromatic heterocycles. The highest BCUT2D eigenvalue weighted by Gasteiger charge is 2.41. The van der Waals surface area contributed by atoms with Crippen LogP contribution in [0.4, 0.5) is 11.8 Å². The Morgan fingerprint density at radius 3 is 2.90 bits per heavy atom. The highest BCUT2D eigenvalue weighted by Crippen LogP contribution is 2.48. The van der Waals surface area contributed by atoms with Crippen LogP contribution in [0.3, 0.4) is 0 Å². The SMILES string of the molecule is CCNc1nc(NCC2(CCOC)CC2)c2ccsc2n1. The number of ether oxygens (including phenoxy) is 1. The molecular formula is C15H22N4OS. The molecule has 5 nitrogen and oxygen atoms in total. The van der Waals surface area contributed by atoms with Gasteiger partial charge in [0.25, 0.3) is 0 Å². The van der Waals surface area contributed by atoms with Gasteiger partial charge in [-0.3, -0.25) is 0 Å². The Morgan fingerprint density at radius 2 is 2.19 bits per heavy atom. The van der Waals surface area contributed by atoms with Crippen LogP contribution in [-0.4, -0.2) is 36.8 Å². The number of anilines is 2. The fraction of sp³-hybridized carbons (Fsp3) is 0.600. The van der Waals surface area contributed by atoms with E-state index in [9.17, 15) is 0 Å². The summed E-state index contributed by atoms with van der Waals surface area (Å²) < 4.78 is 5.22. The van der Waals surface area contributed by atoms with Crippen LogP contribution in [0.2, 0.25) is 0 Å². The van der Waals surface area contributed by atoms with E-state index in [4.69, 9.17) is 4.74 Å². The Bertz CT molecular complexity index is 609. The van der Waals surface area contributed by atoms with Crippen molar-refractivity contribution < 1.29 is 4.74 Å². The van der Waals surface area contributed by atoms with Gasteiger partial charge in [-0.25, -0.2) is 4.98 Å². The standard InChI is InChI=1S/C15H22N4OS/c1-3-16-14-18-12(11-4-9-21-13(11)19-14)17-10-15(5-6-15)7-8-20-2/h4,9H,3,5-8,10H2,1-2H3,(H2,16,17,18,19). The van der Waals surface area contributed by atoms with E-state index in [1.54, 1.807) is 18.4 Å². The molecule has 1 aliphatic rings. The molecule has 2 aromatic rings. The maximum absolute atomic E-state index is 5.22. The average molecular weight is 306 g/mol. The number of nitrogens with one attached hydrogen (secondary N) is 2. The van der Waals surface area contributed by atoms with Crippen LogP contribution in [0.5, 0.6) is 0 Å². The van der Waals surface area contributed by atoms with Crippen LogP contribution in [-0.2, 0) is 4.74 Å². The first kappa shape index (κ1) is 14.5. The maximum Gasteiger partial charge on any atom is 0.226 e. The zero-order valence-corrected chi connectivity index (χ0v) is 13.4. The average Bonchev–Trinajstić information content (AvgIpc) is 3.10. The molecule has 0 bridgehead atoms. The van der Waals surface area contributed by atoms with E-state index in [2.05, 4.69) is 39.0 Å². The van der Waals surface area contributed by atoms with Crippen LogP contribution < -0.4 is 10.6 Å². The molecule has 0 amide bonds. The van der Waals surface area contributed by atoms with Crippen molar-refractivity contribution in [3.05, 3.63) is 11.4 Å². The first-order valence-electron chi connectivity index (χ1n) is 7.48.